The van der Waals surface area contributed by atoms with Gasteiger partial charge in [-0.05, 0) is 12.1 Å². The van der Waals surface area contributed by atoms with Crippen molar-refractivity contribution >= 4 is 11.7 Å². The van der Waals surface area contributed by atoms with Gasteiger partial charge in [-0.25, -0.2) is 0 Å². The van der Waals surface area contributed by atoms with Crippen molar-refractivity contribution in [3.05, 3.63) is 29.8 Å². The molecule has 0 atom stereocenters. The first kappa shape index (κ1) is 11.2. The molecule has 1 rings (SSSR count). The van der Waals surface area contributed by atoms with Crippen LogP contribution in [0.1, 0.15) is 10.4 Å². The number of amides is 1. The molecule has 1 amide bonds. The van der Waals surface area contributed by atoms with Crippen LogP contribution >= 0.6 is 0 Å². The molecule has 0 heterocycles. The van der Waals surface area contributed by atoms with Gasteiger partial charge in [0.2, 0.25) is 0 Å². The van der Waals surface area contributed by atoms with Crippen molar-refractivity contribution in [2.75, 3.05) is 13.7 Å². The van der Waals surface area contributed by atoms with Gasteiger partial charge in [-0.15, -0.1) is 0 Å². The number of ether oxygens (including phenoxy) is 1. The predicted octanol–water partition coefficient (Wildman–Crippen LogP) is 0.395. The molecule has 15 heavy (non-hydrogen) atoms. The molecule has 0 aliphatic rings. The lowest BCUT2D eigenvalue weighted by Gasteiger charge is -2.08. The largest absolute Gasteiger partial charge is 0.496 e. The molecule has 0 radical (unpaired) electrons. The van der Waals surface area contributed by atoms with E-state index >= 15 is 0 Å². The summed E-state index contributed by atoms with van der Waals surface area (Å²) < 4.78 is 4.99. The minimum absolute atomic E-state index is 0.245. The summed E-state index contributed by atoms with van der Waals surface area (Å²) in [5.41, 5.74) is 0.332. The molecule has 80 valence electrons. The number of methoxy groups -OCH3 is 1. The van der Waals surface area contributed by atoms with Crippen LogP contribution in [0.3, 0.4) is 0 Å². The van der Waals surface area contributed by atoms with Crippen LogP contribution in [0.15, 0.2) is 24.3 Å². The van der Waals surface area contributed by atoms with Crippen molar-refractivity contribution in [1.82, 2.24) is 5.32 Å². The van der Waals surface area contributed by atoms with Crippen molar-refractivity contribution in [3.63, 3.8) is 0 Å². The zero-order valence-electron chi connectivity index (χ0n) is 8.28. The molecule has 1 aromatic carbocycles. The van der Waals surface area contributed by atoms with Gasteiger partial charge in [-0.3, -0.25) is 10.2 Å². The Labute approximate surface area is 87.2 Å². The van der Waals surface area contributed by atoms with Crippen LogP contribution in [0, 0.1) is 5.41 Å². The van der Waals surface area contributed by atoms with Crippen LogP contribution in [0.5, 0.6) is 5.75 Å². The first-order valence-electron chi connectivity index (χ1n) is 4.31. The number of aliphatic hydroxyl groups excluding tert-OH is 1. The van der Waals surface area contributed by atoms with E-state index < -0.39 is 12.5 Å². The van der Waals surface area contributed by atoms with Gasteiger partial charge in [-0.1, -0.05) is 12.1 Å². The Morgan fingerprint density at radius 1 is 1.53 bits per heavy atom. The quantitative estimate of drug-likeness (QED) is 0.496. The number of carbonyl (C=O) groups is 1. The number of amidine groups is 1. The van der Waals surface area contributed by atoms with Gasteiger partial charge in [0.05, 0.1) is 12.7 Å². The second-order valence-corrected chi connectivity index (χ2v) is 2.79. The molecule has 3 N–H and O–H groups in total. The fourth-order valence-electron chi connectivity index (χ4n) is 1.08. The smallest absolute Gasteiger partial charge is 0.260 e. The molecule has 0 bridgehead atoms. The van der Waals surface area contributed by atoms with Crippen molar-refractivity contribution < 1.29 is 14.6 Å². The Morgan fingerprint density at radius 3 is 2.80 bits per heavy atom. The van der Waals surface area contributed by atoms with E-state index in [-0.39, 0.29) is 5.84 Å². The Kier molecular flexibility index (Phi) is 3.82. The molecule has 1 aromatic rings. The second-order valence-electron chi connectivity index (χ2n) is 2.79. The van der Waals surface area contributed by atoms with Gasteiger partial charge in [0, 0.05) is 0 Å². The molecule has 5 heteroatoms. The van der Waals surface area contributed by atoms with Crippen LogP contribution in [0.2, 0.25) is 0 Å². The third-order valence-electron chi connectivity index (χ3n) is 1.77. The number of carbonyl (C=O) groups excluding carboxylic acids is 1. The Hall–Kier alpha value is -1.88. The second kappa shape index (κ2) is 5.11. The monoisotopic (exact) mass is 208 g/mol. The summed E-state index contributed by atoms with van der Waals surface area (Å²) in [4.78, 5) is 11.6. The van der Waals surface area contributed by atoms with Gasteiger partial charge >= 0.3 is 0 Å². The fraction of sp³-hybridized carbons (Fsp3) is 0.200. The number of para-hydroxylation sites is 1. The zero-order valence-corrected chi connectivity index (χ0v) is 8.28. The fourth-order valence-corrected chi connectivity index (χ4v) is 1.08. The molecular weight excluding hydrogens is 196 g/mol. The lowest BCUT2D eigenvalue weighted by molar-refractivity contribution is 0.0971. The van der Waals surface area contributed by atoms with E-state index in [0.717, 1.165) is 0 Å². The Bertz CT molecular complexity index is 377. The SMILES string of the molecule is COc1ccccc1C(=O)NC(=N)CO. The Morgan fingerprint density at radius 2 is 2.20 bits per heavy atom. The van der Waals surface area contributed by atoms with Crippen LogP contribution in [0.25, 0.3) is 0 Å². The van der Waals surface area contributed by atoms with Crippen LogP contribution in [-0.2, 0) is 0 Å². The average Bonchev–Trinajstić information content (AvgIpc) is 2.28. The van der Waals surface area contributed by atoms with Gasteiger partial charge in [0.25, 0.3) is 5.91 Å². The number of aliphatic hydroxyl groups is 1. The summed E-state index contributed by atoms with van der Waals surface area (Å²) in [6.45, 7) is -0.499. The van der Waals surface area contributed by atoms with Gasteiger partial charge in [0.1, 0.15) is 18.2 Å². The maximum atomic E-state index is 11.6. The lowest BCUT2D eigenvalue weighted by atomic mass is 10.2. The Balaban J connectivity index is 2.86. The minimum atomic E-state index is -0.499. The third kappa shape index (κ3) is 2.78. The highest BCUT2D eigenvalue weighted by molar-refractivity contribution is 6.07. The topological polar surface area (TPSA) is 82.4 Å². The highest BCUT2D eigenvalue weighted by atomic mass is 16.5. The molecule has 0 aliphatic heterocycles. The van der Waals surface area contributed by atoms with Gasteiger partial charge in [0.15, 0.2) is 0 Å². The molecule has 5 nitrogen and oxygen atoms in total. The molecule has 0 spiro atoms. The van der Waals surface area contributed by atoms with E-state index in [4.69, 9.17) is 15.3 Å². The summed E-state index contributed by atoms with van der Waals surface area (Å²) in [6, 6.07) is 6.67. The minimum Gasteiger partial charge on any atom is -0.496 e. The summed E-state index contributed by atoms with van der Waals surface area (Å²) in [5.74, 6) is -0.279. The van der Waals surface area contributed by atoms with E-state index in [1.807, 2.05) is 0 Å². The van der Waals surface area contributed by atoms with Crippen molar-refractivity contribution in [3.8, 4) is 5.75 Å². The maximum Gasteiger partial charge on any atom is 0.260 e. The first-order valence-corrected chi connectivity index (χ1v) is 4.31. The van der Waals surface area contributed by atoms with Gasteiger partial charge in [-0.2, -0.15) is 0 Å². The zero-order chi connectivity index (χ0) is 11.3. The molecule has 0 saturated carbocycles. The van der Waals surface area contributed by atoms with Crippen molar-refractivity contribution in [1.29, 1.82) is 5.41 Å². The average molecular weight is 208 g/mol. The van der Waals surface area contributed by atoms with E-state index in [1.54, 1.807) is 24.3 Å². The van der Waals surface area contributed by atoms with E-state index in [2.05, 4.69) is 5.32 Å². The number of rotatable bonds is 3. The van der Waals surface area contributed by atoms with Crippen molar-refractivity contribution in [2.45, 2.75) is 0 Å². The van der Waals surface area contributed by atoms with Crippen molar-refractivity contribution in [2.24, 2.45) is 0 Å². The molecule has 0 saturated heterocycles. The maximum absolute atomic E-state index is 11.6. The highest BCUT2D eigenvalue weighted by Crippen LogP contribution is 2.16. The molecule has 0 unspecified atom stereocenters. The summed E-state index contributed by atoms with van der Waals surface area (Å²) in [6.07, 6.45) is 0. The number of hydrogen-bond donors (Lipinski definition) is 3. The van der Waals surface area contributed by atoms with E-state index in [9.17, 15) is 4.79 Å². The lowest BCUT2D eigenvalue weighted by Crippen LogP contribution is -2.32. The number of nitrogens with one attached hydrogen (secondary N) is 2. The van der Waals surface area contributed by atoms with Gasteiger partial charge < -0.3 is 15.2 Å². The summed E-state index contributed by atoms with van der Waals surface area (Å²) in [5, 5.41) is 17.9. The molecule has 0 aliphatic carbocycles. The first-order chi connectivity index (χ1) is 7.19. The number of benzene rings is 1. The normalized spacial score (nSPS) is 9.47. The highest BCUT2D eigenvalue weighted by Gasteiger charge is 2.11. The standard InChI is InChI=1S/C10H12N2O3/c1-15-8-5-3-2-4-7(8)10(14)12-9(11)6-13/h2-5,13H,6H2,1H3,(H2,11,12,14). The van der Waals surface area contributed by atoms with Crippen LogP contribution in [-0.4, -0.2) is 30.6 Å². The number of hydrogen-bond acceptors (Lipinski definition) is 4. The summed E-state index contributed by atoms with van der Waals surface area (Å²) >= 11 is 0. The predicted molar refractivity (Wildman–Crippen MR) is 55.3 cm³/mol. The van der Waals surface area contributed by atoms with Crippen LogP contribution in [0.4, 0.5) is 0 Å². The van der Waals surface area contributed by atoms with E-state index in [0.29, 0.717) is 11.3 Å². The van der Waals surface area contributed by atoms with Crippen LogP contribution < -0.4 is 10.1 Å². The van der Waals surface area contributed by atoms with E-state index in [1.165, 1.54) is 7.11 Å². The third-order valence-corrected chi connectivity index (χ3v) is 1.77. The molecule has 0 fully saturated rings. The molecular formula is C10H12N2O3. The molecule has 0 aromatic heterocycles. The summed E-state index contributed by atoms with van der Waals surface area (Å²) in [7, 11) is 1.46.